The molecule has 0 unspecified atom stereocenters. The topological polar surface area (TPSA) is 46.5 Å². The van der Waals surface area contributed by atoms with Gasteiger partial charge in [-0.2, -0.15) is 0 Å². The second-order valence-electron chi connectivity index (χ2n) is 7.82. The van der Waals surface area contributed by atoms with Crippen molar-refractivity contribution in [1.29, 1.82) is 0 Å². The largest absolute Gasteiger partial charge is 0.461 e. The molecule has 0 heterocycles. The number of hydrogen-bond acceptors (Lipinski definition) is 3. The number of esters is 1. The Morgan fingerprint density at radius 1 is 1.30 bits per heavy atom. The predicted octanol–water partition coefficient (Wildman–Crippen LogP) is 3.07. The molecule has 0 aromatic rings. The first-order valence-corrected chi connectivity index (χ1v) is 7.71. The Bertz CT molecular complexity index is 485. The van der Waals surface area contributed by atoms with Crippen molar-refractivity contribution in [3.8, 4) is 0 Å². The van der Waals surface area contributed by atoms with Crippen molar-refractivity contribution in [2.24, 2.45) is 22.2 Å². The molecule has 0 spiro atoms. The molecule has 0 radical (unpaired) electrons. The van der Waals surface area contributed by atoms with Crippen LogP contribution in [0, 0.1) is 22.2 Å². The van der Waals surface area contributed by atoms with Gasteiger partial charge < -0.3 is 9.84 Å². The summed E-state index contributed by atoms with van der Waals surface area (Å²) in [5.74, 6) is -0.129. The van der Waals surface area contributed by atoms with Crippen LogP contribution in [-0.4, -0.2) is 23.3 Å². The van der Waals surface area contributed by atoms with Gasteiger partial charge in [0, 0.05) is 18.3 Å². The summed E-state index contributed by atoms with van der Waals surface area (Å²) in [6.07, 6.45) is 3.56. The van der Waals surface area contributed by atoms with Crippen molar-refractivity contribution in [1.82, 2.24) is 0 Å². The Hall–Kier alpha value is -0.830. The Labute approximate surface area is 121 Å². The summed E-state index contributed by atoms with van der Waals surface area (Å²) in [5, 5.41) is 10.4. The average Bonchev–Trinajstić information content (AvgIpc) is 2.68. The third-order valence-electron chi connectivity index (χ3n) is 7.25. The van der Waals surface area contributed by atoms with Gasteiger partial charge in [-0.25, -0.2) is 0 Å². The van der Waals surface area contributed by atoms with Gasteiger partial charge in [0.2, 0.25) is 0 Å². The molecule has 3 aliphatic carbocycles. The van der Waals surface area contributed by atoms with Crippen LogP contribution in [0.4, 0.5) is 0 Å². The molecule has 3 fully saturated rings. The molecule has 0 amide bonds. The van der Waals surface area contributed by atoms with E-state index >= 15 is 0 Å². The number of rotatable bonds is 1. The van der Waals surface area contributed by atoms with Crippen LogP contribution in [-0.2, 0) is 9.53 Å². The zero-order valence-electron chi connectivity index (χ0n) is 13.0. The van der Waals surface area contributed by atoms with E-state index in [2.05, 4.69) is 27.4 Å². The van der Waals surface area contributed by atoms with Crippen molar-refractivity contribution in [2.45, 2.75) is 65.6 Å². The lowest BCUT2D eigenvalue weighted by Gasteiger charge is -2.47. The maximum absolute atomic E-state index is 11.6. The van der Waals surface area contributed by atoms with Crippen molar-refractivity contribution in [2.75, 3.05) is 0 Å². The minimum Gasteiger partial charge on any atom is -0.461 e. The molecule has 3 rings (SSSR count). The number of aliphatic hydroxyl groups is 1. The number of carbonyl (C=O) groups excluding carboxylic acids is 1. The van der Waals surface area contributed by atoms with Crippen LogP contribution in [0.3, 0.4) is 0 Å². The third kappa shape index (κ3) is 1.33. The van der Waals surface area contributed by atoms with E-state index in [9.17, 15) is 9.90 Å². The van der Waals surface area contributed by atoms with Crippen LogP contribution in [0.25, 0.3) is 0 Å². The van der Waals surface area contributed by atoms with E-state index in [0.29, 0.717) is 6.42 Å². The van der Waals surface area contributed by atoms with Gasteiger partial charge in [0.05, 0.1) is 6.10 Å². The summed E-state index contributed by atoms with van der Waals surface area (Å²) >= 11 is 0. The highest BCUT2D eigenvalue weighted by molar-refractivity contribution is 5.66. The van der Waals surface area contributed by atoms with Crippen LogP contribution >= 0.6 is 0 Å². The maximum atomic E-state index is 11.6. The minimum atomic E-state index is -0.462. The number of aliphatic hydroxyl groups excluding tert-OH is 1. The zero-order chi connectivity index (χ0) is 14.9. The molecule has 1 N–H and O–H groups in total. The van der Waals surface area contributed by atoms with Crippen molar-refractivity contribution >= 4 is 5.97 Å². The average molecular weight is 278 g/mol. The standard InChI is InChI=1S/C17H26O3/c1-10-12(19)9-16(4)14(20-11(2)18)13(10)15(3)7-6-8-17(15,16)5/h12-14,19H,1,6-9H2,2-5H3/t12-,13-,14-,15-,16+,17-/m0/s1. The van der Waals surface area contributed by atoms with E-state index in [0.717, 1.165) is 18.4 Å². The van der Waals surface area contributed by atoms with E-state index < -0.39 is 6.10 Å². The molecule has 2 bridgehead atoms. The third-order valence-corrected chi connectivity index (χ3v) is 7.25. The van der Waals surface area contributed by atoms with E-state index in [-0.39, 0.29) is 34.2 Å². The molecular weight excluding hydrogens is 252 g/mol. The fourth-order valence-electron chi connectivity index (χ4n) is 5.89. The number of fused-ring (bicyclic) bond motifs is 5. The summed E-state index contributed by atoms with van der Waals surface area (Å²) in [4.78, 5) is 11.6. The Balaban J connectivity index is 2.17. The second-order valence-corrected chi connectivity index (χ2v) is 7.82. The van der Waals surface area contributed by atoms with Crippen LogP contribution in [0.15, 0.2) is 12.2 Å². The summed E-state index contributed by atoms with van der Waals surface area (Å²) in [5.41, 5.74) is 0.901. The summed E-state index contributed by atoms with van der Waals surface area (Å²) in [6, 6.07) is 0. The lowest BCUT2D eigenvalue weighted by atomic mass is 9.58. The first kappa shape index (κ1) is 14.1. The van der Waals surface area contributed by atoms with Gasteiger partial charge in [-0.05, 0) is 35.7 Å². The molecule has 3 saturated carbocycles. The maximum Gasteiger partial charge on any atom is 0.302 e. The molecule has 3 heteroatoms. The number of hydrogen-bond donors (Lipinski definition) is 1. The lowest BCUT2D eigenvalue weighted by Crippen LogP contribution is -2.48. The fourth-order valence-corrected chi connectivity index (χ4v) is 5.89. The monoisotopic (exact) mass is 278 g/mol. The van der Waals surface area contributed by atoms with E-state index in [1.165, 1.54) is 13.3 Å². The van der Waals surface area contributed by atoms with Crippen LogP contribution in [0.1, 0.15) is 53.4 Å². The summed E-state index contributed by atoms with van der Waals surface area (Å²) in [6.45, 7) is 12.5. The smallest absolute Gasteiger partial charge is 0.302 e. The van der Waals surface area contributed by atoms with E-state index in [1.807, 2.05) is 0 Å². The first-order chi connectivity index (χ1) is 9.17. The Morgan fingerprint density at radius 3 is 2.55 bits per heavy atom. The fraction of sp³-hybridized carbons (Fsp3) is 0.824. The molecule has 6 atom stereocenters. The molecule has 0 aromatic heterocycles. The van der Waals surface area contributed by atoms with Gasteiger partial charge in [0.1, 0.15) is 6.10 Å². The molecule has 0 aromatic carbocycles. The van der Waals surface area contributed by atoms with Gasteiger partial charge in [-0.3, -0.25) is 4.79 Å². The first-order valence-electron chi connectivity index (χ1n) is 7.71. The molecule has 0 aliphatic heterocycles. The van der Waals surface area contributed by atoms with Crippen molar-refractivity contribution in [3.63, 3.8) is 0 Å². The van der Waals surface area contributed by atoms with Crippen molar-refractivity contribution in [3.05, 3.63) is 12.2 Å². The quantitative estimate of drug-likeness (QED) is 0.592. The van der Waals surface area contributed by atoms with E-state index in [4.69, 9.17) is 4.74 Å². The van der Waals surface area contributed by atoms with Gasteiger partial charge >= 0.3 is 5.97 Å². The number of carbonyl (C=O) groups is 1. The molecule has 0 saturated heterocycles. The van der Waals surface area contributed by atoms with Crippen molar-refractivity contribution < 1.29 is 14.6 Å². The van der Waals surface area contributed by atoms with Gasteiger partial charge in [0.25, 0.3) is 0 Å². The van der Waals surface area contributed by atoms with Gasteiger partial charge in [-0.15, -0.1) is 0 Å². The van der Waals surface area contributed by atoms with Gasteiger partial charge in [-0.1, -0.05) is 33.8 Å². The summed E-state index contributed by atoms with van der Waals surface area (Å²) in [7, 11) is 0. The molecule has 3 aliphatic rings. The molecule has 20 heavy (non-hydrogen) atoms. The molecular formula is C17H26O3. The van der Waals surface area contributed by atoms with Crippen LogP contribution in [0.2, 0.25) is 0 Å². The normalized spacial score (nSPS) is 53.9. The highest BCUT2D eigenvalue weighted by Crippen LogP contribution is 2.77. The second kappa shape index (κ2) is 3.88. The van der Waals surface area contributed by atoms with E-state index in [1.54, 1.807) is 0 Å². The minimum absolute atomic E-state index is 0.0798. The summed E-state index contributed by atoms with van der Waals surface area (Å²) < 4.78 is 5.76. The highest BCUT2D eigenvalue weighted by Gasteiger charge is 2.75. The Kier molecular flexibility index (Phi) is 2.74. The number of ether oxygens (including phenoxy) is 1. The lowest BCUT2D eigenvalue weighted by molar-refractivity contribution is -0.161. The molecule has 3 nitrogen and oxygen atoms in total. The van der Waals surface area contributed by atoms with Gasteiger partial charge in [0.15, 0.2) is 0 Å². The SMILES string of the molecule is C=C1[C@@H](O)C[C@]2(C)[C@@H](OC(C)=O)[C@H]1[C@]1(C)CCC[C@@]12C. The highest BCUT2D eigenvalue weighted by atomic mass is 16.5. The van der Waals surface area contributed by atoms with Crippen LogP contribution in [0.5, 0.6) is 0 Å². The molecule has 112 valence electrons. The predicted molar refractivity (Wildman–Crippen MR) is 77.0 cm³/mol. The van der Waals surface area contributed by atoms with Crippen LogP contribution < -0.4 is 0 Å². The zero-order valence-corrected chi connectivity index (χ0v) is 13.0. The Morgan fingerprint density at radius 2 is 1.95 bits per heavy atom.